The summed E-state index contributed by atoms with van der Waals surface area (Å²) in [5.41, 5.74) is 2.54. The highest BCUT2D eigenvalue weighted by molar-refractivity contribution is 5.92. The molecule has 3 rings (SSSR count). The molecule has 0 heterocycles. The molecule has 1 aromatic carbocycles. The Morgan fingerprint density at radius 3 is 2.07 bits per heavy atom. The molecule has 1 aromatic rings. The molecule has 2 bridgehead atoms. The number of hydrogen-bond acceptors (Lipinski definition) is 3. The molecule has 0 saturated heterocycles. The van der Waals surface area contributed by atoms with Gasteiger partial charge in [-0.2, -0.15) is 0 Å². The summed E-state index contributed by atoms with van der Waals surface area (Å²) >= 11 is 0. The van der Waals surface area contributed by atoms with Crippen molar-refractivity contribution in [1.29, 1.82) is 0 Å². The lowest BCUT2D eigenvalue weighted by Crippen LogP contribution is -2.42. The van der Waals surface area contributed by atoms with Gasteiger partial charge in [0.1, 0.15) is 0 Å². The fourth-order valence-corrected chi connectivity index (χ4v) is 5.13. The molecular weight excluding hydrogens is 374 g/mol. The van der Waals surface area contributed by atoms with Crippen molar-refractivity contribution in [3.8, 4) is 0 Å². The van der Waals surface area contributed by atoms with E-state index in [1.807, 2.05) is 12.1 Å². The average Bonchev–Trinajstić information content (AvgIpc) is 3.27. The summed E-state index contributed by atoms with van der Waals surface area (Å²) in [6.45, 7) is 14.7. The fourth-order valence-electron chi connectivity index (χ4n) is 5.13. The molecule has 0 aliphatic heterocycles. The monoisotopic (exact) mass is 413 g/mol. The van der Waals surface area contributed by atoms with Gasteiger partial charge in [0.25, 0.3) is 5.91 Å². The smallest absolute Gasteiger partial charge is 0.338 e. The van der Waals surface area contributed by atoms with Gasteiger partial charge in [-0.1, -0.05) is 54.0 Å². The molecule has 0 aromatic heterocycles. The zero-order chi connectivity index (χ0) is 22.3. The first-order chi connectivity index (χ1) is 13.8. The molecule has 0 radical (unpaired) electrons. The molecule has 0 unspecified atom stereocenters. The van der Waals surface area contributed by atoms with Crippen LogP contribution in [0.5, 0.6) is 0 Å². The normalized spacial score (nSPS) is 24.6. The Balaban J connectivity index is 1.62. The van der Waals surface area contributed by atoms with E-state index in [9.17, 15) is 9.59 Å². The number of fused-ring (bicyclic) bond motifs is 2. The second-order valence-corrected chi connectivity index (χ2v) is 11.6. The Bertz CT molecular complexity index is 767. The van der Waals surface area contributed by atoms with E-state index in [4.69, 9.17) is 4.74 Å². The number of benzene rings is 1. The Morgan fingerprint density at radius 1 is 1.00 bits per heavy atom. The Morgan fingerprint density at radius 2 is 1.60 bits per heavy atom. The van der Waals surface area contributed by atoms with E-state index in [-0.39, 0.29) is 29.4 Å². The molecule has 2 saturated carbocycles. The highest BCUT2D eigenvalue weighted by Gasteiger charge is 2.42. The minimum atomic E-state index is -0.436. The van der Waals surface area contributed by atoms with E-state index >= 15 is 0 Å². The maximum absolute atomic E-state index is 12.8. The van der Waals surface area contributed by atoms with E-state index in [0.29, 0.717) is 11.5 Å². The molecule has 4 atom stereocenters. The molecule has 2 aliphatic carbocycles. The lowest BCUT2D eigenvalue weighted by molar-refractivity contribution is -0.125. The van der Waals surface area contributed by atoms with Crippen LogP contribution in [0.3, 0.4) is 0 Å². The van der Waals surface area contributed by atoms with Gasteiger partial charge in [0.15, 0.2) is 6.61 Å². The molecule has 30 heavy (non-hydrogen) atoms. The van der Waals surface area contributed by atoms with E-state index < -0.39 is 5.97 Å². The standard InChI is InChI=1S/C26H39NO3/c1-16(22-11-17-8-9-18(22)10-17)27-23(28)15-30-24(29)19-12-20(25(2,3)4)14-21(13-19)26(5,6)7/h12-14,16-18,22H,8-11,15H2,1-7H3,(H,27,28)/t16-,17+,18-,22+/m0/s1. The lowest BCUT2D eigenvalue weighted by Gasteiger charge is -2.28. The average molecular weight is 414 g/mol. The minimum Gasteiger partial charge on any atom is -0.452 e. The fraction of sp³-hybridized carbons (Fsp3) is 0.692. The summed E-state index contributed by atoms with van der Waals surface area (Å²) in [4.78, 5) is 25.2. The van der Waals surface area contributed by atoms with Gasteiger partial charge >= 0.3 is 5.97 Å². The van der Waals surface area contributed by atoms with E-state index in [1.54, 1.807) is 0 Å². The number of hydrogen-bond donors (Lipinski definition) is 1. The van der Waals surface area contributed by atoms with Gasteiger partial charge in [-0.3, -0.25) is 4.79 Å². The second-order valence-electron chi connectivity index (χ2n) is 11.6. The first-order valence-electron chi connectivity index (χ1n) is 11.5. The van der Waals surface area contributed by atoms with Crippen LogP contribution in [-0.2, 0) is 20.4 Å². The summed E-state index contributed by atoms with van der Waals surface area (Å²) in [6, 6.07) is 6.10. The number of carbonyl (C=O) groups excluding carboxylic acids is 2. The largest absolute Gasteiger partial charge is 0.452 e. The number of rotatable bonds is 5. The van der Waals surface area contributed by atoms with Crippen LogP contribution in [0.1, 0.15) is 95.6 Å². The van der Waals surface area contributed by atoms with Crippen LogP contribution < -0.4 is 5.32 Å². The minimum absolute atomic E-state index is 0.0796. The number of ether oxygens (including phenoxy) is 1. The Hall–Kier alpha value is -1.84. The molecule has 1 N–H and O–H groups in total. The summed E-state index contributed by atoms with van der Waals surface area (Å²) < 4.78 is 5.40. The number of amides is 1. The summed E-state index contributed by atoms with van der Waals surface area (Å²) in [5, 5.41) is 3.07. The molecule has 166 valence electrons. The van der Waals surface area contributed by atoms with Crippen molar-refractivity contribution in [2.24, 2.45) is 17.8 Å². The van der Waals surface area contributed by atoms with Crippen molar-refractivity contribution in [1.82, 2.24) is 5.32 Å². The van der Waals surface area contributed by atoms with Crippen LogP contribution in [-0.4, -0.2) is 24.5 Å². The second kappa shape index (κ2) is 8.36. The third-order valence-corrected chi connectivity index (χ3v) is 7.06. The van der Waals surface area contributed by atoms with Crippen molar-refractivity contribution in [2.45, 2.75) is 91.0 Å². The third-order valence-electron chi connectivity index (χ3n) is 7.06. The lowest BCUT2D eigenvalue weighted by atomic mass is 9.79. The van der Waals surface area contributed by atoms with E-state index in [0.717, 1.165) is 23.0 Å². The van der Waals surface area contributed by atoms with Crippen molar-refractivity contribution >= 4 is 11.9 Å². The predicted octanol–water partition coefficient (Wildman–Crippen LogP) is 5.38. The van der Waals surface area contributed by atoms with Crippen LogP contribution in [0.15, 0.2) is 18.2 Å². The van der Waals surface area contributed by atoms with Crippen molar-refractivity contribution in [2.75, 3.05) is 6.61 Å². The SMILES string of the molecule is C[C@H](NC(=O)COC(=O)c1cc(C(C)(C)C)cc(C(C)(C)C)c1)[C@H]1C[C@@H]2CC[C@H]1C2. The van der Waals surface area contributed by atoms with Gasteiger partial charge in [0.05, 0.1) is 5.56 Å². The highest BCUT2D eigenvalue weighted by Crippen LogP contribution is 2.49. The molecule has 2 aliphatic rings. The van der Waals surface area contributed by atoms with Crippen LogP contribution in [0.4, 0.5) is 0 Å². The van der Waals surface area contributed by atoms with E-state index in [2.05, 4.69) is 59.8 Å². The van der Waals surface area contributed by atoms with Crippen LogP contribution in [0.2, 0.25) is 0 Å². The summed E-state index contributed by atoms with van der Waals surface area (Å²) in [5.74, 6) is 1.53. The topological polar surface area (TPSA) is 55.4 Å². The maximum Gasteiger partial charge on any atom is 0.338 e. The van der Waals surface area contributed by atoms with Crippen LogP contribution >= 0.6 is 0 Å². The third kappa shape index (κ3) is 5.25. The Labute approximate surface area is 182 Å². The summed E-state index contributed by atoms with van der Waals surface area (Å²) in [7, 11) is 0. The summed E-state index contributed by atoms with van der Waals surface area (Å²) in [6.07, 6.45) is 5.19. The number of esters is 1. The zero-order valence-electron chi connectivity index (χ0n) is 19.8. The molecule has 4 heteroatoms. The van der Waals surface area contributed by atoms with Gasteiger partial charge in [0.2, 0.25) is 0 Å². The van der Waals surface area contributed by atoms with Gasteiger partial charge in [0, 0.05) is 6.04 Å². The molecular formula is C26H39NO3. The number of carbonyl (C=O) groups is 2. The molecule has 4 nitrogen and oxygen atoms in total. The van der Waals surface area contributed by atoms with Crippen molar-refractivity contribution in [3.05, 3.63) is 34.9 Å². The Kier molecular flexibility index (Phi) is 6.36. The molecule has 0 spiro atoms. The van der Waals surface area contributed by atoms with Crippen molar-refractivity contribution < 1.29 is 14.3 Å². The van der Waals surface area contributed by atoms with Gasteiger partial charge in [-0.15, -0.1) is 0 Å². The van der Waals surface area contributed by atoms with Gasteiger partial charge in [-0.25, -0.2) is 4.79 Å². The predicted molar refractivity (Wildman–Crippen MR) is 121 cm³/mol. The van der Waals surface area contributed by atoms with Crippen molar-refractivity contribution in [3.63, 3.8) is 0 Å². The van der Waals surface area contributed by atoms with E-state index in [1.165, 1.54) is 25.7 Å². The quantitative estimate of drug-likeness (QED) is 0.660. The van der Waals surface area contributed by atoms with Crippen LogP contribution in [0, 0.1) is 17.8 Å². The zero-order valence-corrected chi connectivity index (χ0v) is 19.8. The maximum atomic E-state index is 12.8. The van der Waals surface area contributed by atoms with Gasteiger partial charge < -0.3 is 10.1 Å². The van der Waals surface area contributed by atoms with Crippen LogP contribution in [0.25, 0.3) is 0 Å². The van der Waals surface area contributed by atoms with Gasteiger partial charge in [-0.05, 0) is 78.0 Å². The number of nitrogens with one attached hydrogen (secondary N) is 1. The highest BCUT2D eigenvalue weighted by atomic mass is 16.5. The first kappa shape index (κ1) is 22.8. The first-order valence-corrected chi connectivity index (χ1v) is 11.5. The molecule has 1 amide bonds. The molecule has 2 fully saturated rings.